The molecule has 13 heavy (non-hydrogen) atoms. The van der Waals surface area contributed by atoms with Gasteiger partial charge in [0.1, 0.15) is 24.4 Å². The average Bonchev–Trinajstić information content (AvgIpc) is 2.09. The number of rotatable bonds is 1. The van der Waals surface area contributed by atoms with Crippen molar-refractivity contribution in [3.63, 3.8) is 0 Å². The Morgan fingerprint density at radius 3 is 2.38 bits per heavy atom. The van der Waals surface area contributed by atoms with E-state index in [1.54, 1.807) is 0 Å². The van der Waals surface area contributed by atoms with Gasteiger partial charge in [0.25, 0.3) is 0 Å². The fourth-order valence-corrected chi connectivity index (χ4v) is 1.26. The third kappa shape index (κ3) is 1.67. The van der Waals surface area contributed by atoms with Crippen LogP contribution in [0.5, 0.6) is 0 Å². The first-order chi connectivity index (χ1) is 5.91. The van der Waals surface area contributed by atoms with E-state index in [2.05, 4.69) is 4.74 Å². The molecule has 4 atom stereocenters. The van der Waals surface area contributed by atoms with E-state index in [4.69, 9.17) is 15.3 Å². The van der Waals surface area contributed by atoms with E-state index in [1.807, 2.05) is 0 Å². The summed E-state index contributed by atoms with van der Waals surface area (Å²) in [7, 11) is 0. The summed E-state index contributed by atoms with van der Waals surface area (Å²) in [6, 6.07) is 0. The summed E-state index contributed by atoms with van der Waals surface area (Å²) in [4.78, 5) is 0. The summed E-state index contributed by atoms with van der Waals surface area (Å²) < 4.78 is 30.5. The molecule has 1 rings (SSSR count). The van der Waals surface area contributed by atoms with Crippen LogP contribution in [0.2, 0.25) is 0 Å². The Hall–Kier alpha value is -0.300. The van der Waals surface area contributed by atoms with Crippen LogP contribution in [0.4, 0.5) is 8.78 Å². The van der Waals surface area contributed by atoms with Gasteiger partial charge in [-0.3, -0.25) is 0 Å². The Morgan fingerprint density at radius 2 is 1.92 bits per heavy atom. The van der Waals surface area contributed by atoms with Crippen molar-refractivity contribution in [2.45, 2.75) is 37.3 Å². The highest BCUT2D eigenvalue weighted by Gasteiger charge is 2.55. The summed E-state index contributed by atoms with van der Waals surface area (Å²) in [6.07, 6.45) is -6.60. The standard InChI is InChI=1S/C7H12F2O4/c1-3-7(8,9)6(12)5(11)4(2-10)13-3/h3-6,10-12H,2H2,1H3. The van der Waals surface area contributed by atoms with Crippen LogP contribution in [0, 0.1) is 0 Å². The van der Waals surface area contributed by atoms with Crippen LogP contribution in [0.15, 0.2) is 0 Å². The van der Waals surface area contributed by atoms with E-state index >= 15 is 0 Å². The van der Waals surface area contributed by atoms with Gasteiger partial charge in [0.15, 0.2) is 0 Å². The number of aliphatic hydroxyl groups excluding tert-OH is 3. The second-order valence-electron chi connectivity index (χ2n) is 3.11. The molecule has 4 unspecified atom stereocenters. The normalized spacial score (nSPS) is 44.8. The maximum Gasteiger partial charge on any atom is 0.301 e. The van der Waals surface area contributed by atoms with E-state index < -0.39 is 36.9 Å². The van der Waals surface area contributed by atoms with Gasteiger partial charge < -0.3 is 20.1 Å². The molecule has 1 aliphatic rings. The first kappa shape index (κ1) is 10.8. The summed E-state index contributed by atoms with van der Waals surface area (Å²) in [5, 5.41) is 26.7. The molecule has 0 bridgehead atoms. The quantitative estimate of drug-likeness (QED) is 0.512. The van der Waals surface area contributed by atoms with E-state index in [-0.39, 0.29) is 0 Å². The zero-order valence-electron chi connectivity index (χ0n) is 7.02. The summed E-state index contributed by atoms with van der Waals surface area (Å²) in [5.74, 6) is -3.48. The Labute approximate surface area is 73.8 Å². The topological polar surface area (TPSA) is 69.9 Å². The summed E-state index contributed by atoms with van der Waals surface area (Å²) >= 11 is 0. The van der Waals surface area contributed by atoms with Crippen LogP contribution >= 0.6 is 0 Å². The molecule has 1 heterocycles. The Balaban J connectivity index is 2.79. The molecular weight excluding hydrogens is 186 g/mol. The molecule has 1 fully saturated rings. The number of halogens is 2. The van der Waals surface area contributed by atoms with Crippen molar-refractivity contribution in [3.8, 4) is 0 Å². The fourth-order valence-electron chi connectivity index (χ4n) is 1.26. The van der Waals surface area contributed by atoms with E-state index in [9.17, 15) is 8.78 Å². The number of aliphatic hydroxyl groups is 3. The highest BCUT2D eigenvalue weighted by molar-refractivity contribution is 4.95. The van der Waals surface area contributed by atoms with Crippen molar-refractivity contribution < 1.29 is 28.8 Å². The fraction of sp³-hybridized carbons (Fsp3) is 1.00. The third-order valence-corrected chi connectivity index (χ3v) is 2.20. The molecule has 0 aliphatic carbocycles. The predicted molar refractivity (Wildman–Crippen MR) is 38.4 cm³/mol. The first-order valence-corrected chi connectivity index (χ1v) is 3.91. The molecule has 1 aliphatic heterocycles. The van der Waals surface area contributed by atoms with Crippen LogP contribution in [0.25, 0.3) is 0 Å². The van der Waals surface area contributed by atoms with Crippen molar-refractivity contribution >= 4 is 0 Å². The van der Waals surface area contributed by atoms with Gasteiger partial charge in [0.05, 0.1) is 6.61 Å². The van der Waals surface area contributed by atoms with Gasteiger partial charge in [-0.15, -0.1) is 0 Å². The lowest BCUT2D eigenvalue weighted by atomic mass is 9.95. The first-order valence-electron chi connectivity index (χ1n) is 3.91. The zero-order chi connectivity index (χ0) is 10.2. The maximum absolute atomic E-state index is 12.9. The number of hydrogen-bond acceptors (Lipinski definition) is 4. The largest absolute Gasteiger partial charge is 0.394 e. The molecule has 0 aromatic rings. The molecule has 4 nitrogen and oxygen atoms in total. The molecule has 78 valence electrons. The number of ether oxygens (including phenoxy) is 1. The Morgan fingerprint density at radius 1 is 1.38 bits per heavy atom. The lowest BCUT2D eigenvalue weighted by Gasteiger charge is -2.40. The van der Waals surface area contributed by atoms with Crippen molar-refractivity contribution in [2.75, 3.05) is 6.61 Å². The molecule has 6 heteroatoms. The summed E-state index contributed by atoms with van der Waals surface area (Å²) in [6.45, 7) is 0.483. The van der Waals surface area contributed by atoms with Crippen LogP contribution in [-0.4, -0.2) is 52.3 Å². The van der Waals surface area contributed by atoms with Gasteiger partial charge in [-0.2, -0.15) is 0 Å². The number of hydrogen-bond donors (Lipinski definition) is 3. The van der Waals surface area contributed by atoms with Crippen LogP contribution in [-0.2, 0) is 4.74 Å². The highest BCUT2D eigenvalue weighted by atomic mass is 19.3. The number of alkyl halides is 2. The lowest BCUT2D eigenvalue weighted by Crippen LogP contribution is -2.61. The minimum absolute atomic E-state index is 0.599. The SMILES string of the molecule is CC1OC(CO)C(O)C(O)C1(F)F. The molecule has 0 aromatic carbocycles. The van der Waals surface area contributed by atoms with E-state index in [1.165, 1.54) is 0 Å². The molecule has 1 saturated heterocycles. The van der Waals surface area contributed by atoms with Gasteiger partial charge in [-0.05, 0) is 6.92 Å². The lowest BCUT2D eigenvalue weighted by molar-refractivity contribution is -0.287. The van der Waals surface area contributed by atoms with Crippen molar-refractivity contribution in [1.29, 1.82) is 0 Å². The van der Waals surface area contributed by atoms with Gasteiger partial charge in [-0.1, -0.05) is 0 Å². The Bertz CT molecular complexity index is 187. The maximum atomic E-state index is 12.9. The van der Waals surface area contributed by atoms with E-state index in [0.717, 1.165) is 6.92 Å². The van der Waals surface area contributed by atoms with Crippen molar-refractivity contribution in [3.05, 3.63) is 0 Å². The molecule has 0 radical (unpaired) electrons. The molecular formula is C7H12F2O4. The van der Waals surface area contributed by atoms with Crippen LogP contribution in [0.3, 0.4) is 0 Å². The monoisotopic (exact) mass is 198 g/mol. The summed E-state index contributed by atoms with van der Waals surface area (Å²) in [5.41, 5.74) is 0. The highest BCUT2D eigenvalue weighted by Crippen LogP contribution is 2.34. The zero-order valence-corrected chi connectivity index (χ0v) is 7.02. The smallest absolute Gasteiger partial charge is 0.301 e. The van der Waals surface area contributed by atoms with E-state index in [0.29, 0.717) is 0 Å². The average molecular weight is 198 g/mol. The molecule has 0 amide bonds. The van der Waals surface area contributed by atoms with Gasteiger partial charge in [-0.25, -0.2) is 8.78 Å². The second-order valence-corrected chi connectivity index (χ2v) is 3.11. The third-order valence-electron chi connectivity index (χ3n) is 2.20. The minimum Gasteiger partial charge on any atom is -0.394 e. The van der Waals surface area contributed by atoms with Crippen molar-refractivity contribution in [1.82, 2.24) is 0 Å². The van der Waals surface area contributed by atoms with Gasteiger partial charge in [0, 0.05) is 0 Å². The van der Waals surface area contributed by atoms with Crippen LogP contribution < -0.4 is 0 Å². The van der Waals surface area contributed by atoms with Gasteiger partial charge in [0.2, 0.25) is 0 Å². The predicted octanol–water partition coefficient (Wildman–Crippen LogP) is -0.877. The molecule has 0 saturated carbocycles. The molecule has 0 spiro atoms. The molecule has 3 N–H and O–H groups in total. The molecule has 0 aromatic heterocycles. The van der Waals surface area contributed by atoms with Crippen LogP contribution in [0.1, 0.15) is 6.92 Å². The van der Waals surface area contributed by atoms with Crippen molar-refractivity contribution in [2.24, 2.45) is 0 Å². The minimum atomic E-state index is -3.48. The van der Waals surface area contributed by atoms with Gasteiger partial charge >= 0.3 is 5.92 Å². The second kappa shape index (κ2) is 3.45. The Kier molecular flexibility index (Phi) is 2.86.